The second kappa shape index (κ2) is 9.98. The molecule has 2 aromatic carbocycles. The Morgan fingerprint density at radius 1 is 1.03 bits per heavy atom. The number of nitrogens with one attached hydrogen (secondary N) is 1. The van der Waals surface area contributed by atoms with E-state index < -0.39 is 6.04 Å². The fourth-order valence-corrected chi connectivity index (χ4v) is 3.87. The highest BCUT2D eigenvalue weighted by molar-refractivity contribution is 7.16. The number of hydrogen-bond donors (Lipinski definition) is 1. The maximum Gasteiger partial charge on any atom is 0.244 e. The van der Waals surface area contributed by atoms with Gasteiger partial charge in [0.05, 0.1) is 0 Å². The van der Waals surface area contributed by atoms with Gasteiger partial charge in [0.1, 0.15) is 11.9 Å². The number of halogens is 1. The molecule has 0 aliphatic carbocycles. The van der Waals surface area contributed by atoms with Gasteiger partial charge in [-0.1, -0.05) is 42.5 Å². The number of thiophene rings is 1. The highest BCUT2D eigenvalue weighted by Crippen LogP contribution is 2.28. The Morgan fingerprint density at radius 2 is 1.73 bits per heavy atom. The molecular weight excluding hydrogens is 399 g/mol. The monoisotopic (exact) mass is 422 g/mol. The topological polar surface area (TPSA) is 49.4 Å². The van der Waals surface area contributed by atoms with E-state index in [1.807, 2.05) is 42.5 Å². The summed E-state index contributed by atoms with van der Waals surface area (Å²) in [5.74, 6) is -0.761. The molecule has 0 saturated heterocycles. The molecule has 3 aromatic rings. The molecule has 0 spiro atoms. The first-order valence-corrected chi connectivity index (χ1v) is 10.3. The molecule has 4 nitrogen and oxygen atoms in total. The molecule has 0 saturated carbocycles. The second-order valence-electron chi connectivity index (χ2n) is 7.03. The van der Waals surface area contributed by atoms with Crippen molar-refractivity contribution in [3.8, 4) is 10.4 Å². The van der Waals surface area contributed by atoms with Crippen molar-refractivity contribution in [3.63, 3.8) is 0 Å². The molecule has 0 aliphatic rings. The average Bonchev–Trinajstić information content (AvgIpc) is 3.21. The predicted octanol–water partition coefficient (Wildman–Crippen LogP) is 4.38. The standard InChI is InChI=1S/C24H23FN2O2S/c1-27(2)24(29)21(16-17-6-4-3-5-7-17)26-23(28)15-13-20-12-14-22(30-20)18-8-10-19(25)11-9-18/h3-15,21H,16H2,1-2H3,(H,26,28)/b15-13+. The van der Waals surface area contributed by atoms with Gasteiger partial charge in [-0.05, 0) is 41.5 Å². The van der Waals surface area contributed by atoms with Crippen LogP contribution in [0.15, 0.2) is 72.8 Å². The molecule has 154 valence electrons. The highest BCUT2D eigenvalue weighted by atomic mass is 32.1. The van der Waals surface area contributed by atoms with Crippen molar-refractivity contribution in [2.24, 2.45) is 0 Å². The molecule has 2 amide bonds. The molecule has 1 heterocycles. The van der Waals surface area contributed by atoms with E-state index in [-0.39, 0.29) is 17.6 Å². The number of amides is 2. The second-order valence-corrected chi connectivity index (χ2v) is 8.14. The Bertz CT molecular complexity index is 1030. The van der Waals surface area contributed by atoms with Crippen molar-refractivity contribution in [1.29, 1.82) is 0 Å². The van der Waals surface area contributed by atoms with Crippen molar-refractivity contribution >= 4 is 29.2 Å². The lowest BCUT2D eigenvalue weighted by Gasteiger charge is -2.21. The van der Waals surface area contributed by atoms with Crippen LogP contribution < -0.4 is 5.32 Å². The third kappa shape index (κ3) is 5.87. The average molecular weight is 423 g/mol. The van der Waals surface area contributed by atoms with Crippen molar-refractivity contribution in [2.45, 2.75) is 12.5 Å². The number of rotatable bonds is 7. The molecule has 6 heteroatoms. The minimum absolute atomic E-state index is 0.157. The number of carbonyl (C=O) groups is 2. The van der Waals surface area contributed by atoms with Crippen LogP contribution >= 0.6 is 11.3 Å². The smallest absolute Gasteiger partial charge is 0.244 e. The first-order valence-electron chi connectivity index (χ1n) is 9.52. The number of hydrogen-bond acceptors (Lipinski definition) is 3. The maximum absolute atomic E-state index is 13.1. The number of likely N-dealkylation sites (N-methyl/N-ethyl adjacent to an activating group) is 1. The molecule has 1 atom stereocenters. The van der Waals surface area contributed by atoms with E-state index >= 15 is 0 Å². The molecule has 1 unspecified atom stereocenters. The van der Waals surface area contributed by atoms with Crippen LogP contribution in [0.25, 0.3) is 16.5 Å². The SMILES string of the molecule is CN(C)C(=O)C(Cc1ccccc1)NC(=O)/C=C/c1ccc(-c2ccc(F)cc2)s1. The lowest BCUT2D eigenvalue weighted by molar-refractivity contribution is -0.133. The summed E-state index contributed by atoms with van der Waals surface area (Å²) in [4.78, 5) is 28.3. The Hall–Kier alpha value is -3.25. The Balaban J connectivity index is 1.66. The number of carbonyl (C=O) groups excluding carboxylic acids is 2. The van der Waals surface area contributed by atoms with Gasteiger partial charge in [0.25, 0.3) is 0 Å². The van der Waals surface area contributed by atoms with E-state index in [4.69, 9.17) is 0 Å². The summed E-state index contributed by atoms with van der Waals surface area (Å²) in [6.07, 6.45) is 3.57. The van der Waals surface area contributed by atoms with E-state index in [1.165, 1.54) is 34.4 Å². The summed E-state index contributed by atoms with van der Waals surface area (Å²) in [6.45, 7) is 0. The molecule has 0 fully saturated rings. The van der Waals surface area contributed by atoms with Gasteiger partial charge in [0.15, 0.2) is 0 Å². The van der Waals surface area contributed by atoms with Gasteiger partial charge in [-0.2, -0.15) is 0 Å². The van der Waals surface area contributed by atoms with Gasteiger partial charge in [0.2, 0.25) is 11.8 Å². The number of benzene rings is 2. The van der Waals surface area contributed by atoms with Gasteiger partial charge >= 0.3 is 0 Å². The van der Waals surface area contributed by atoms with E-state index in [0.717, 1.165) is 20.9 Å². The molecule has 3 rings (SSSR count). The van der Waals surface area contributed by atoms with Gasteiger partial charge in [-0.3, -0.25) is 9.59 Å². The molecule has 0 bridgehead atoms. The zero-order chi connectivity index (χ0) is 21.5. The normalized spacial score (nSPS) is 12.0. The molecule has 0 radical (unpaired) electrons. The van der Waals surface area contributed by atoms with Crippen LogP contribution in [0.5, 0.6) is 0 Å². The lowest BCUT2D eigenvalue weighted by Crippen LogP contribution is -2.47. The third-order valence-electron chi connectivity index (χ3n) is 4.49. The molecule has 1 N–H and O–H groups in total. The fourth-order valence-electron chi connectivity index (χ4n) is 2.95. The zero-order valence-electron chi connectivity index (χ0n) is 16.8. The highest BCUT2D eigenvalue weighted by Gasteiger charge is 2.22. The van der Waals surface area contributed by atoms with Crippen molar-refractivity contribution in [2.75, 3.05) is 14.1 Å². The van der Waals surface area contributed by atoms with Gasteiger partial charge in [-0.15, -0.1) is 11.3 Å². The summed E-state index contributed by atoms with van der Waals surface area (Å²) in [5.41, 5.74) is 1.90. The van der Waals surface area contributed by atoms with Gasteiger partial charge in [-0.25, -0.2) is 4.39 Å². The summed E-state index contributed by atoms with van der Waals surface area (Å²) in [6, 6.07) is 19.1. The van der Waals surface area contributed by atoms with Gasteiger partial charge in [0, 0.05) is 36.3 Å². The molecular formula is C24H23FN2O2S. The minimum atomic E-state index is -0.641. The van der Waals surface area contributed by atoms with Crippen LogP contribution in [0.3, 0.4) is 0 Å². The van der Waals surface area contributed by atoms with E-state index in [9.17, 15) is 14.0 Å². The quantitative estimate of drug-likeness (QED) is 0.575. The Labute approximate surface area is 179 Å². The van der Waals surface area contributed by atoms with Crippen LogP contribution in [0.1, 0.15) is 10.4 Å². The fraction of sp³-hybridized carbons (Fsp3) is 0.167. The maximum atomic E-state index is 13.1. The lowest BCUT2D eigenvalue weighted by atomic mass is 10.0. The van der Waals surface area contributed by atoms with Crippen molar-refractivity contribution in [1.82, 2.24) is 10.2 Å². The van der Waals surface area contributed by atoms with E-state index in [2.05, 4.69) is 5.32 Å². The van der Waals surface area contributed by atoms with Crippen molar-refractivity contribution in [3.05, 3.63) is 89.1 Å². The molecule has 1 aromatic heterocycles. The van der Waals surface area contributed by atoms with Crippen LogP contribution in [-0.2, 0) is 16.0 Å². The van der Waals surface area contributed by atoms with Gasteiger partial charge < -0.3 is 10.2 Å². The van der Waals surface area contributed by atoms with Crippen LogP contribution in [0.4, 0.5) is 4.39 Å². The van der Waals surface area contributed by atoms with Crippen LogP contribution in [-0.4, -0.2) is 36.9 Å². The third-order valence-corrected chi connectivity index (χ3v) is 5.59. The van der Waals surface area contributed by atoms with Crippen molar-refractivity contribution < 1.29 is 14.0 Å². The minimum Gasteiger partial charge on any atom is -0.347 e. The summed E-state index contributed by atoms with van der Waals surface area (Å²) in [7, 11) is 3.34. The predicted molar refractivity (Wildman–Crippen MR) is 120 cm³/mol. The molecule has 30 heavy (non-hydrogen) atoms. The summed E-state index contributed by atoms with van der Waals surface area (Å²) < 4.78 is 13.1. The van der Waals surface area contributed by atoms with Crippen LogP contribution in [0.2, 0.25) is 0 Å². The van der Waals surface area contributed by atoms with E-state index in [0.29, 0.717) is 6.42 Å². The first-order chi connectivity index (χ1) is 14.4. The first kappa shape index (κ1) is 21.5. The Kier molecular flexibility index (Phi) is 7.14. The zero-order valence-corrected chi connectivity index (χ0v) is 17.7. The van der Waals surface area contributed by atoms with E-state index in [1.54, 1.807) is 32.3 Å². The van der Waals surface area contributed by atoms with Crippen LogP contribution in [0, 0.1) is 5.82 Å². The molecule has 0 aliphatic heterocycles. The summed E-state index contributed by atoms with van der Waals surface area (Å²) in [5, 5.41) is 2.81. The summed E-state index contributed by atoms with van der Waals surface area (Å²) >= 11 is 1.50. The number of nitrogens with zero attached hydrogens (tertiary/aromatic N) is 1. The Morgan fingerprint density at radius 3 is 2.40 bits per heavy atom. The largest absolute Gasteiger partial charge is 0.347 e.